The number of aryl methyl sites for hydroxylation is 1. The van der Waals surface area contributed by atoms with Crippen LogP contribution in [0.2, 0.25) is 0 Å². The average Bonchev–Trinajstić information content (AvgIpc) is 2.50. The van der Waals surface area contributed by atoms with Crippen molar-refractivity contribution < 1.29 is 0 Å². The quantitative estimate of drug-likeness (QED) is 0.402. The van der Waals surface area contributed by atoms with Gasteiger partial charge in [-0.3, -0.25) is 0 Å². The van der Waals surface area contributed by atoms with E-state index >= 15 is 0 Å². The maximum atomic E-state index is 2.28. The van der Waals surface area contributed by atoms with E-state index in [2.05, 4.69) is 37.3 Å². The number of rotatable bonds is 11. The van der Waals surface area contributed by atoms with Crippen molar-refractivity contribution in [1.82, 2.24) is 4.90 Å². The molecule has 0 amide bonds. The van der Waals surface area contributed by atoms with Crippen LogP contribution in [0.5, 0.6) is 0 Å². The molecule has 0 aliphatic heterocycles. The fraction of sp³-hybridized carbons (Fsp3) is 0.714. The van der Waals surface area contributed by atoms with Gasteiger partial charge < -0.3 is 4.90 Å². The Bertz CT molecular complexity index is 308. The van der Waals surface area contributed by atoms with Gasteiger partial charge in [-0.25, -0.2) is 0 Å². The Hall–Kier alpha value is -0.530. The number of nitrogens with zero attached hydrogens (tertiary/aromatic N) is 1. The van der Waals surface area contributed by atoms with Gasteiger partial charge in [0.2, 0.25) is 0 Å². The molecule has 0 heterocycles. The third kappa shape index (κ3) is 21.5. The van der Waals surface area contributed by atoms with Crippen molar-refractivity contribution in [1.29, 1.82) is 0 Å². The van der Waals surface area contributed by atoms with Crippen molar-refractivity contribution >= 4 is 12.4 Å². The Balaban J connectivity index is 0. The Morgan fingerprint density at radius 3 is 1.48 bits per heavy atom. The van der Waals surface area contributed by atoms with E-state index in [9.17, 15) is 0 Å². The lowest BCUT2D eigenvalue weighted by Gasteiger charge is -2.03. The summed E-state index contributed by atoms with van der Waals surface area (Å²) in [6.45, 7) is 2.28. The summed E-state index contributed by atoms with van der Waals surface area (Å²) in [5, 5.41) is 0. The monoisotopic (exact) mass is 341 g/mol. The van der Waals surface area contributed by atoms with E-state index in [-0.39, 0.29) is 12.4 Å². The molecule has 0 aliphatic carbocycles. The van der Waals surface area contributed by atoms with Gasteiger partial charge >= 0.3 is 0 Å². The van der Waals surface area contributed by atoms with Gasteiger partial charge in [-0.1, -0.05) is 95.0 Å². The third-order valence-electron chi connectivity index (χ3n) is 3.66. The summed E-state index contributed by atoms with van der Waals surface area (Å²) in [7, 11) is 6.00. The Kier molecular flexibility index (Phi) is 21.0. The average molecular weight is 342 g/mol. The molecule has 136 valence electrons. The second-order valence-electron chi connectivity index (χ2n) is 6.76. The molecular weight excluding hydrogens is 302 g/mol. The zero-order valence-corrected chi connectivity index (χ0v) is 16.8. The van der Waals surface area contributed by atoms with Crippen LogP contribution in [0.15, 0.2) is 30.3 Å². The Labute approximate surface area is 152 Å². The fourth-order valence-corrected chi connectivity index (χ4v) is 2.46. The lowest BCUT2D eigenvalue weighted by molar-refractivity contribution is 0.505. The van der Waals surface area contributed by atoms with Crippen LogP contribution in [-0.2, 0) is 6.42 Å². The van der Waals surface area contributed by atoms with Crippen molar-refractivity contribution in [3.8, 4) is 0 Å². The van der Waals surface area contributed by atoms with Crippen molar-refractivity contribution in [3.63, 3.8) is 0 Å². The molecule has 0 saturated heterocycles. The highest BCUT2D eigenvalue weighted by molar-refractivity contribution is 5.85. The lowest BCUT2D eigenvalue weighted by Crippen LogP contribution is -1.99. The summed E-state index contributed by atoms with van der Waals surface area (Å²) in [6, 6.07) is 10.9. The van der Waals surface area contributed by atoms with Crippen LogP contribution in [0.4, 0.5) is 0 Å². The van der Waals surface area contributed by atoms with Gasteiger partial charge in [0.15, 0.2) is 0 Å². The maximum Gasteiger partial charge on any atom is -0.0140 e. The van der Waals surface area contributed by atoms with Crippen molar-refractivity contribution in [3.05, 3.63) is 35.9 Å². The van der Waals surface area contributed by atoms with Gasteiger partial charge in [-0.2, -0.15) is 0 Å². The molecule has 0 radical (unpaired) electrons. The second kappa shape index (κ2) is 19.5. The van der Waals surface area contributed by atoms with Gasteiger partial charge in [-0.05, 0) is 39.5 Å². The SMILES string of the molecule is CCCCCCCCCCCCc1ccccc1.CN(C)C.Cl. The summed E-state index contributed by atoms with van der Waals surface area (Å²) in [6.07, 6.45) is 15.5. The molecule has 0 aliphatic rings. The molecule has 1 aromatic rings. The van der Waals surface area contributed by atoms with Crippen LogP contribution in [-0.4, -0.2) is 26.0 Å². The minimum Gasteiger partial charge on any atom is -0.312 e. The van der Waals surface area contributed by atoms with Crippen molar-refractivity contribution in [2.45, 2.75) is 77.6 Å². The molecule has 0 spiro atoms. The van der Waals surface area contributed by atoms with Crippen LogP contribution < -0.4 is 0 Å². The molecular formula is C21H40ClN. The van der Waals surface area contributed by atoms with Crippen LogP contribution in [0.1, 0.15) is 76.7 Å². The minimum absolute atomic E-state index is 0. The van der Waals surface area contributed by atoms with Crippen LogP contribution in [0.25, 0.3) is 0 Å². The van der Waals surface area contributed by atoms with Gasteiger partial charge in [0.1, 0.15) is 0 Å². The van der Waals surface area contributed by atoms with Crippen molar-refractivity contribution in [2.24, 2.45) is 0 Å². The molecule has 1 aromatic carbocycles. The highest BCUT2D eigenvalue weighted by atomic mass is 35.5. The molecule has 0 N–H and O–H groups in total. The van der Waals surface area contributed by atoms with Crippen LogP contribution in [0.3, 0.4) is 0 Å². The van der Waals surface area contributed by atoms with Gasteiger partial charge in [0.25, 0.3) is 0 Å². The summed E-state index contributed by atoms with van der Waals surface area (Å²) >= 11 is 0. The number of hydrogen-bond acceptors (Lipinski definition) is 1. The van der Waals surface area contributed by atoms with Crippen LogP contribution in [0, 0.1) is 0 Å². The first kappa shape index (κ1) is 24.7. The van der Waals surface area contributed by atoms with E-state index in [4.69, 9.17) is 0 Å². The van der Waals surface area contributed by atoms with Gasteiger partial charge in [0.05, 0.1) is 0 Å². The van der Waals surface area contributed by atoms with E-state index < -0.39 is 0 Å². The molecule has 0 saturated carbocycles. The largest absolute Gasteiger partial charge is 0.312 e. The second-order valence-corrected chi connectivity index (χ2v) is 6.76. The zero-order valence-electron chi connectivity index (χ0n) is 16.0. The number of unbranched alkanes of at least 4 members (excludes halogenated alkanes) is 9. The van der Waals surface area contributed by atoms with E-state index in [1.54, 1.807) is 0 Å². The molecule has 1 rings (SSSR count). The molecule has 0 unspecified atom stereocenters. The van der Waals surface area contributed by atoms with Crippen LogP contribution >= 0.6 is 12.4 Å². The first-order chi connectivity index (χ1) is 10.7. The molecule has 0 aromatic heterocycles. The summed E-state index contributed by atoms with van der Waals surface area (Å²) in [5.74, 6) is 0. The standard InChI is InChI=1S/C18H30.C3H9N.ClH/c1-2-3-4-5-6-7-8-9-10-12-15-18-16-13-11-14-17-18;1-4(2)3;/h11,13-14,16-17H,2-10,12,15H2,1H3;1-3H3;1H. The number of halogens is 1. The highest BCUT2D eigenvalue weighted by Crippen LogP contribution is 2.12. The molecule has 0 bridgehead atoms. The third-order valence-corrected chi connectivity index (χ3v) is 3.66. The Morgan fingerprint density at radius 2 is 1.04 bits per heavy atom. The first-order valence-electron chi connectivity index (χ1n) is 9.31. The number of benzene rings is 1. The summed E-state index contributed by atoms with van der Waals surface area (Å²) in [5.41, 5.74) is 1.50. The predicted molar refractivity (Wildman–Crippen MR) is 109 cm³/mol. The summed E-state index contributed by atoms with van der Waals surface area (Å²) in [4.78, 5) is 2.00. The molecule has 1 nitrogen and oxygen atoms in total. The first-order valence-corrected chi connectivity index (χ1v) is 9.31. The minimum atomic E-state index is 0. The van der Waals surface area contributed by atoms with E-state index in [0.29, 0.717) is 0 Å². The van der Waals surface area contributed by atoms with Crippen molar-refractivity contribution in [2.75, 3.05) is 21.1 Å². The summed E-state index contributed by atoms with van der Waals surface area (Å²) < 4.78 is 0. The molecule has 2 heteroatoms. The van der Waals surface area contributed by atoms with E-state index in [1.165, 1.54) is 76.2 Å². The lowest BCUT2D eigenvalue weighted by atomic mass is 10.0. The smallest absolute Gasteiger partial charge is 0.0140 e. The highest BCUT2D eigenvalue weighted by Gasteiger charge is 1.94. The Morgan fingerprint density at radius 1 is 0.652 bits per heavy atom. The fourth-order valence-electron chi connectivity index (χ4n) is 2.46. The van der Waals surface area contributed by atoms with E-state index in [1.807, 2.05) is 26.0 Å². The molecule has 23 heavy (non-hydrogen) atoms. The molecule has 0 atom stereocenters. The van der Waals surface area contributed by atoms with Gasteiger partial charge in [0, 0.05) is 0 Å². The topological polar surface area (TPSA) is 3.24 Å². The van der Waals surface area contributed by atoms with Gasteiger partial charge in [-0.15, -0.1) is 12.4 Å². The van der Waals surface area contributed by atoms with E-state index in [0.717, 1.165) is 0 Å². The number of hydrogen-bond donors (Lipinski definition) is 0. The zero-order chi connectivity index (χ0) is 16.5. The predicted octanol–water partition coefficient (Wildman–Crippen LogP) is 6.75. The maximum absolute atomic E-state index is 2.28. The molecule has 0 fully saturated rings. The normalized spacial score (nSPS) is 9.96.